The van der Waals surface area contributed by atoms with E-state index in [0.717, 1.165) is 5.75 Å². The molecule has 0 heterocycles. The van der Waals surface area contributed by atoms with E-state index < -0.39 is 10.9 Å². The van der Waals surface area contributed by atoms with E-state index in [1.165, 1.54) is 12.1 Å². The second kappa shape index (κ2) is 6.42. The molecule has 1 aromatic rings. The number of carboxylic acids is 1. The first-order valence-electron chi connectivity index (χ1n) is 5.62. The van der Waals surface area contributed by atoms with Crippen molar-refractivity contribution in [3.05, 3.63) is 33.9 Å². The van der Waals surface area contributed by atoms with Gasteiger partial charge >= 0.3 is 5.97 Å². The zero-order valence-corrected chi connectivity index (χ0v) is 11.8. The minimum atomic E-state index is -1.29. The molecule has 0 aliphatic heterocycles. The molecule has 1 rings (SSSR count). The average molecular weight is 284 g/mol. The SMILES string of the molecule is CSCC(C)N(C)c1ccc([N+](=O)[O-])c(C(=O)O)c1. The third-order valence-electron chi connectivity index (χ3n) is 2.88. The number of carboxylic acid groups (broad SMARTS) is 1. The number of hydrogen-bond donors (Lipinski definition) is 1. The second-order valence-corrected chi connectivity index (χ2v) is 5.09. The Morgan fingerprint density at radius 1 is 1.58 bits per heavy atom. The third-order valence-corrected chi connectivity index (χ3v) is 3.70. The summed E-state index contributed by atoms with van der Waals surface area (Å²) < 4.78 is 0. The zero-order chi connectivity index (χ0) is 14.6. The molecule has 0 saturated heterocycles. The van der Waals surface area contributed by atoms with Crippen LogP contribution in [-0.2, 0) is 0 Å². The van der Waals surface area contributed by atoms with Gasteiger partial charge < -0.3 is 10.0 Å². The van der Waals surface area contributed by atoms with E-state index >= 15 is 0 Å². The molecule has 0 bridgehead atoms. The van der Waals surface area contributed by atoms with E-state index in [2.05, 4.69) is 0 Å². The van der Waals surface area contributed by atoms with Gasteiger partial charge in [0.25, 0.3) is 5.69 Å². The van der Waals surface area contributed by atoms with Crippen molar-refractivity contribution in [3.8, 4) is 0 Å². The molecule has 7 heteroatoms. The fourth-order valence-electron chi connectivity index (χ4n) is 1.68. The summed E-state index contributed by atoms with van der Waals surface area (Å²) in [5.74, 6) is -0.407. The van der Waals surface area contributed by atoms with Gasteiger partial charge in [-0.1, -0.05) is 0 Å². The Hall–Kier alpha value is -1.76. The summed E-state index contributed by atoms with van der Waals surface area (Å²) in [6, 6.07) is 4.36. The number of nitrogens with zero attached hydrogens (tertiary/aromatic N) is 2. The average Bonchev–Trinajstić information content (AvgIpc) is 2.37. The van der Waals surface area contributed by atoms with Gasteiger partial charge in [-0.2, -0.15) is 11.8 Å². The Morgan fingerprint density at radius 3 is 2.68 bits per heavy atom. The molecule has 0 aliphatic carbocycles. The highest BCUT2D eigenvalue weighted by Gasteiger charge is 2.21. The fraction of sp³-hybridized carbons (Fsp3) is 0.417. The summed E-state index contributed by atoms with van der Waals surface area (Å²) in [4.78, 5) is 23.1. The maximum atomic E-state index is 11.1. The quantitative estimate of drug-likeness (QED) is 0.638. The molecule has 19 heavy (non-hydrogen) atoms. The molecular formula is C12H16N2O4S. The van der Waals surface area contributed by atoms with E-state index in [-0.39, 0.29) is 17.3 Å². The predicted octanol–water partition coefficient (Wildman–Crippen LogP) is 2.48. The number of nitro groups is 1. The van der Waals surface area contributed by atoms with Crippen LogP contribution < -0.4 is 4.90 Å². The fourth-order valence-corrected chi connectivity index (χ4v) is 2.39. The van der Waals surface area contributed by atoms with Crippen LogP contribution in [-0.4, -0.2) is 41.1 Å². The zero-order valence-electron chi connectivity index (χ0n) is 11.0. The number of rotatable bonds is 6. The highest BCUT2D eigenvalue weighted by Crippen LogP contribution is 2.26. The van der Waals surface area contributed by atoms with Gasteiger partial charge in [0.15, 0.2) is 0 Å². The van der Waals surface area contributed by atoms with Crippen molar-refractivity contribution in [2.24, 2.45) is 0 Å². The van der Waals surface area contributed by atoms with Crippen molar-refractivity contribution in [1.29, 1.82) is 0 Å². The number of carbonyl (C=O) groups is 1. The minimum Gasteiger partial charge on any atom is -0.477 e. The summed E-state index contributed by atoms with van der Waals surface area (Å²) in [6.45, 7) is 2.01. The molecule has 104 valence electrons. The maximum Gasteiger partial charge on any atom is 0.342 e. The molecule has 1 unspecified atom stereocenters. The van der Waals surface area contributed by atoms with Crippen LogP contribution in [0.4, 0.5) is 11.4 Å². The summed E-state index contributed by atoms with van der Waals surface area (Å²) >= 11 is 1.69. The van der Waals surface area contributed by atoms with Gasteiger partial charge in [0.05, 0.1) is 4.92 Å². The Kier molecular flexibility index (Phi) is 5.17. The Balaban J connectivity index is 3.15. The van der Waals surface area contributed by atoms with Crippen molar-refractivity contribution in [1.82, 2.24) is 0 Å². The van der Waals surface area contributed by atoms with E-state index in [1.807, 2.05) is 25.1 Å². The summed E-state index contributed by atoms with van der Waals surface area (Å²) in [6.07, 6.45) is 1.99. The summed E-state index contributed by atoms with van der Waals surface area (Å²) in [7, 11) is 1.84. The topological polar surface area (TPSA) is 83.7 Å². The van der Waals surface area contributed by atoms with Crippen LogP contribution in [0.15, 0.2) is 18.2 Å². The number of hydrogen-bond acceptors (Lipinski definition) is 5. The van der Waals surface area contributed by atoms with Crippen LogP contribution in [0.5, 0.6) is 0 Å². The van der Waals surface area contributed by atoms with E-state index in [4.69, 9.17) is 5.11 Å². The molecule has 0 radical (unpaired) electrons. The van der Waals surface area contributed by atoms with Gasteiger partial charge in [-0.15, -0.1) is 0 Å². The van der Waals surface area contributed by atoms with Crippen LogP contribution in [0.1, 0.15) is 17.3 Å². The van der Waals surface area contributed by atoms with Crippen molar-refractivity contribution in [2.45, 2.75) is 13.0 Å². The Morgan fingerprint density at radius 2 is 2.21 bits per heavy atom. The molecule has 6 nitrogen and oxygen atoms in total. The second-order valence-electron chi connectivity index (χ2n) is 4.18. The van der Waals surface area contributed by atoms with Crippen molar-refractivity contribution < 1.29 is 14.8 Å². The van der Waals surface area contributed by atoms with Gasteiger partial charge in [-0.05, 0) is 25.3 Å². The summed E-state index contributed by atoms with van der Waals surface area (Å²) in [5.41, 5.74) is -0.0163. The first kappa shape index (κ1) is 15.3. The molecule has 0 aliphatic rings. The van der Waals surface area contributed by atoms with Gasteiger partial charge in [0.1, 0.15) is 5.56 Å². The number of anilines is 1. The molecule has 1 N–H and O–H groups in total. The predicted molar refractivity (Wildman–Crippen MR) is 76.3 cm³/mol. The molecule has 0 amide bonds. The van der Waals surface area contributed by atoms with Crippen LogP contribution in [0.2, 0.25) is 0 Å². The minimum absolute atomic E-state index is 0.207. The first-order chi connectivity index (χ1) is 8.88. The van der Waals surface area contributed by atoms with Gasteiger partial charge in [0, 0.05) is 30.6 Å². The number of benzene rings is 1. The Bertz CT molecular complexity index is 493. The summed E-state index contributed by atoms with van der Waals surface area (Å²) in [5, 5.41) is 19.8. The van der Waals surface area contributed by atoms with Crippen molar-refractivity contribution in [3.63, 3.8) is 0 Å². The van der Waals surface area contributed by atoms with Gasteiger partial charge in [-0.25, -0.2) is 4.79 Å². The van der Waals surface area contributed by atoms with E-state index in [0.29, 0.717) is 5.69 Å². The van der Waals surface area contributed by atoms with Gasteiger partial charge in [-0.3, -0.25) is 10.1 Å². The number of thioether (sulfide) groups is 1. The highest BCUT2D eigenvalue weighted by molar-refractivity contribution is 7.98. The number of nitro benzene ring substituents is 1. The molecule has 0 fully saturated rings. The van der Waals surface area contributed by atoms with E-state index in [9.17, 15) is 14.9 Å². The first-order valence-corrected chi connectivity index (χ1v) is 7.01. The lowest BCUT2D eigenvalue weighted by Crippen LogP contribution is -2.30. The molecule has 1 aromatic carbocycles. The monoisotopic (exact) mass is 284 g/mol. The molecule has 0 aromatic heterocycles. The van der Waals surface area contributed by atoms with Gasteiger partial charge in [0.2, 0.25) is 0 Å². The molecular weight excluding hydrogens is 268 g/mol. The normalized spacial score (nSPS) is 11.9. The van der Waals surface area contributed by atoms with Crippen LogP contribution in [0.3, 0.4) is 0 Å². The molecule has 1 atom stereocenters. The molecule has 0 spiro atoms. The van der Waals surface area contributed by atoms with Crippen molar-refractivity contribution in [2.75, 3.05) is 24.0 Å². The smallest absolute Gasteiger partial charge is 0.342 e. The standard InChI is InChI=1S/C12H16N2O4S/c1-8(7-19-3)13(2)9-4-5-11(14(17)18)10(6-9)12(15)16/h4-6,8H,7H2,1-3H3,(H,15,16). The lowest BCUT2D eigenvalue weighted by molar-refractivity contribution is -0.385. The lowest BCUT2D eigenvalue weighted by Gasteiger charge is -2.26. The van der Waals surface area contributed by atoms with Crippen molar-refractivity contribution >= 4 is 29.1 Å². The van der Waals surface area contributed by atoms with Crippen LogP contribution >= 0.6 is 11.8 Å². The largest absolute Gasteiger partial charge is 0.477 e. The number of aromatic carboxylic acids is 1. The van der Waals surface area contributed by atoms with Crippen LogP contribution in [0, 0.1) is 10.1 Å². The van der Waals surface area contributed by atoms with Crippen LogP contribution in [0.25, 0.3) is 0 Å². The third kappa shape index (κ3) is 3.60. The highest BCUT2D eigenvalue weighted by atomic mass is 32.2. The Labute approximate surface area is 115 Å². The maximum absolute atomic E-state index is 11.1. The van der Waals surface area contributed by atoms with E-state index in [1.54, 1.807) is 17.8 Å². The lowest BCUT2D eigenvalue weighted by atomic mass is 10.1. The molecule has 0 saturated carbocycles.